The quantitative estimate of drug-likeness (QED) is 0.289. The van der Waals surface area contributed by atoms with Gasteiger partial charge >= 0.3 is 5.97 Å². The topological polar surface area (TPSA) is 92.4 Å². The first-order valence-electron chi connectivity index (χ1n) is 7.94. The molecule has 1 aromatic heterocycles. The minimum atomic E-state index is -0.616. The summed E-state index contributed by atoms with van der Waals surface area (Å²) in [7, 11) is 1.47. The number of aromatic nitrogens is 2. The Kier molecular flexibility index (Phi) is 5.23. The number of ether oxygens (including phenoxy) is 2. The predicted octanol–water partition coefficient (Wildman–Crippen LogP) is 3.09. The average molecular weight is 387 g/mol. The van der Waals surface area contributed by atoms with Crippen LogP contribution in [0.2, 0.25) is 5.02 Å². The first-order chi connectivity index (χ1) is 12.9. The maximum atomic E-state index is 12.7. The molecule has 2 aromatic carbocycles. The number of ketones is 1. The molecular weight excluding hydrogens is 372 g/mol. The van der Waals surface area contributed by atoms with Crippen molar-refractivity contribution in [1.29, 1.82) is 0 Å². The van der Waals surface area contributed by atoms with Gasteiger partial charge in [-0.25, -0.2) is 9.78 Å². The van der Waals surface area contributed by atoms with E-state index in [1.165, 1.54) is 32.2 Å². The van der Waals surface area contributed by atoms with Crippen LogP contribution in [0.15, 0.2) is 42.5 Å². The van der Waals surface area contributed by atoms with Crippen LogP contribution < -0.4 is 9.47 Å². The fourth-order valence-electron chi connectivity index (χ4n) is 2.57. The van der Waals surface area contributed by atoms with Gasteiger partial charge in [0.25, 0.3) is 5.69 Å². The molecule has 0 aliphatic rings. The van der Waals surface area contributed by atoms with E-state index < -0.39 is 11.8 Å². The molecule has 0 fully saturated rings. The predicted molar refractivity (Wildman–Crippen MR) is 97.8 cm³/mol. The lowest BCUT2D eigenvalue weighted by Gasteiger charge is -2.11. The Balaban J connectivity index is 1.95. The molecule has 0 unspecified atom stereocenters. The van der Waals surface area contributed by atoms with Gasteiger partial charge in [0.2, 0.25) is 11.3 Å². The van der Waals surface area contributed by atoms with Crippen LogP contribution in [-0.4, -0.2) is 23.8 Å². The number of rotatable bonds is 5. The number of halogens is 1. The summed E-state index contributed by atoms with van der Waals surface area (Å²) >= 11 is 5.79. The van der Waals surface area contributed by atoms with Gasteiger partial charge in [-0.3, -0.25) is 4.79 Å². The lowest BCUT2D eigenvalue weighted by molar-refractivity contribution is -0.580. The number of Topliss-reactive ketones (excluding diaryl/α,β-unsaturated/α-hetero) is 1. The molecule has 0 spiro atoms. The van der Waals surface area contributed by atoms with Crippen molar-refractivity contribution in [3.63, 3.8) is 0 Å². The Labute approximate surface area is 159 Å². The number of nitrogens with zero attached hydrogens (tertiary/aromatic N) is 2. The van der Waals surface area contributed by atoms with E-state index in [1.807, 2.05) is 0 Å². The molecule has 0 radical (unpaired) electrons. The fraction of sp³-hybridized carbons (Fsp3) is 0.158. The molecule has 0 atom stereocenters. The minimum absolute atomic E-state index is 0.0810. The number of esters is 1. The molecule has 8 heteroatoms. The summed E-state index contributed by atoms with van der Waals surface area (Å²) in [6, 6.07) is 10.9. The molecule has 7 nitrogen and oxygen atoms in total. The van der Waals surface area contributed by atoms with Gasteiger partial charge < -0.3 is 14.7 Å². The Hall–Kier alpha value is -3.19. The normalized spacial score (nSPS) is 10.6. The molecule has 0 N–H and O–H groups in total. The van der Waals surface area contributed by atoms with Crippen molar-refractivity contribution in [2.75, 3.05) is 7.11 Å². The van der Waals surface area contributed by atoms with Gasteiger partial charge in [-0.1, -0.05) is 11.6 Å². The van der Waals surface area contributed by atoms with Crippen molar-refractivity contribution in [3.8, 4) is 5.75 Å². The highest BCUT2D eigenvalue weighted by Crippen LogP contribution is 2.19. The van der Waals surface area contributed by atoms with Crippen molar-refractivity contribution in [3.05, 3.63) is 69.6 Å². The standard InChI is InChI=1S/C19H15ClN2O5/c1-11(23)18-16(10-27-19(24)12-3-5-13(20)6-4-12)21-15-8-7-14(26-2)9-17(15)22(18)25/h3-9H,10H2,1-2H3. The SMILES string of the molecule is COc1ccc2nc(COC(=O)c3ccc(Cl)cc3)c(C(C)=O)[n+]([O-])c2c1. The summed E-state index contributed by atoms with van der Waals surface area (Å²) in [5.74, 6) is -0.639. The Morgan fingerprint density at radius 2 is 1.89 bits per heavy atom. The second kappa shape index (κ2) is 7.59. The van der Waals surface area contributed by atoms with Gasteiger partial charge in [0.15, 0.2) is 5.69 Å². The Morgan fingerprint density at radius 1 is 1.19 bits per heavy atom. The summed E-state index contributed by atoms with van der Waals surface area (Å²) in [5, 5.41) is 13.1. The number of carbonyl (C=O) groups is 2. The number of methoxy groups -OCH3 is 1. The zero-order valence-corrected chi connectivity index (χ0v) is 15.3. The van der Waals surface area contributed by atoms with E-state index in [2.05, 4.69) is 4.98 Å². The lowest BCUT2D eigenvalue weighted by Crippen LogP contribution is -2.37. The van der Waals surface area contributed by atoms with E-state index in [1.54, 1.807) is 24.3 Å². The van der Waals surface area contributed by atoms with E-state index in [-0.39, 0.29) is 23.5 Å². The number of fused-ring (bicyclic) bond motifs is 1. The molecule has 27 heavy (non-hydrogen) atoms. The van der Waals surface area contributed by atoms with Gasteiger partial charge in [0.1, 0.15) is 17.9 Å². The maximum absolute atomic E-state index is 12.7. The van der Waals surface area contributed by atoms with Crippen LogP contribution in [0, 0.1) is 5.21 Å². The van der Waals surface area contributed by atoms with Crippen LogP contribution in [0.3, 0.4) is 0 Å². The molecular formula is C19H15ClN2O5. The van der Waals surface area contributed by atoms with Crippen molar-refractivity contribution in [2.45, 2.75) is 13.5 Å². The largest absolute Gasteiger partial charge is 0.618 e. The molecule has 3 rings (SSSR count). The lowest BCUT2D eigenvalue weighted by atomic mass is 10.2. The van der Waals surface area contributed by atoms with E-state index in [0.29, 0.717) is 26.6 Å². The number of benzene rings is 2. The summed E-state index contributed by atoms with van der Waals surface area (Å²) in [6.45, 7) is 0.933. The van der Waals surface area contributed by atoms with E-state index in [0.717, 1.165) is 0 Å². The van der Waals surface area contributed by atoms with E-state index in [4.69, 9.17) is 21.1 Å². The number of hydrogen-bond acceptors (Lipinski definition) is 6. The summed E-state index contributed by atoms with van der Waals surface area (Å²) in [5.41, 5.74) is 0.738. The van der Waals surface area contributed by atoms with Crippen molar-refractivity contribution < 1.29 is 23.8 Å². The summed E-state index contributed by atoms with van der Waals surface area (Å²) < 4.78 is 10.8. The first kappa shape index (κ1) is 18.6. The second-order valence-corrected chi connectivity index (χ2v) is 6.13. The van der Waals surface area contributed by atoms with E-state index >= 15 is 0 Å². The second-order valence-electron chi connectivity index (χ2n) is 5.70. The molecule has 1 heterocycles. The van der Waals surface area contributed by atoms with Crippen LogP contribution in [0.4, 0.5) is 0 Å². The highest BCUT2D eigenvalue weighted by molar-refractivity contribution is 6.30. The van der Waals surface area contributed by atoms with Crippen molar-refractivity contribution >= 4 is 34.4 Å². The third-order valence-corrected chi connectivity index (χ3v) is 4.14. The van der Waals surface area contributed by atoms with Crippen molar-refractivity contribution in [2.24, 2.45) is 0 Å². The molecule has 0 aliphatic heterocycles. The Morgan fingerprint density at radius 3 is 2.52 bits per heavy atom. The zero-order chi connectivity index (χ0) is 19.6. The molecule has 0 saturated heterocycles. The van der Waals surface area contributed by atoms with Crippen LogP contribution >= 0.6 is 11.6 Å². The van der Waals surface area contributed by atoms with Crippen LogP contribution in [0.25, 0.3) is 11.0 Å². The third kappa shape index (κ3) is 3.83. The number of carbonyl (C=O) groups excluding carboxylic acids is 2. The van der Waals surface area contributed by atoms with Gasteiger partial charge in [-0.2, -0.15) is 4.73 Å². The first-order valence-corrected chi connectivity index (χ1v) is 8.32. The molecule has 0 amide bonds. The smallest absolute Gasteiger partial charge is 0.338 e. The van der Waals surface area contributed by atoms with Crippen LogP contribution in [-0.2, 0) is 11.3 Å². The van der Waals surface area contributed by atoms with Gasteiger partial charge in [-0.05, 0) is 36.4 Å². The molecule has 138 valence electrons. The van der Waals surface area contributed by atoms with E-state index in [9.17, 15) is 14.8 Å². The Bertz CT molecular complexity index is 1030. The van der Waals surface area contributed by atoms with Gasteiger partial charge in [0.05, 0.1) is 18.7 Å². The van der Waals surface area contributed by atoms with Gasteiger partial charge in [-0.15, -0.1) is 0 Å². The van der Waals surface area contributed by atoms with Gasteiger partial charge in [0, 0.05) is 11.9 Å². The highest BCUT2D eigenvalue weighted by Gasteiger charge is 2.24. The summed E-state index contributed by atoms with van der Waals surface area (Å²) in [4.78, 5) is 28.5. The highest BCUT2D eigenvalue weighted by atomic mass is 35.5. The van der Waals surface area contributed by atoms with Crippen molar-refractivity contribution in [1.82, 2.24) is 4.98 Å². The fourth-order valence-corrected chi connectivity index (χ4v) is 2.70. The zero-order valence-electron chi connectivity index (χ0n) is 14.6. The molecule has 3 aromatic rings. The summed E-state index contributed by atoms with van der Waals surface area (Å²) in [6.07, 6.45) is 0. The monoisotopic (exact) mass is 386 g/mol. The third-order valence-electron chi connectivity index (χ3n) is 3.89. The van der Waals surface area contributed by atoms with Crippen LogP contribution in [0.1, 0.15) is 33.5 Å². The molecule has 0 aliphatic carbocycles. The minimum Gasteiger partial charge on any atom is -0.618 e. The average Bonchev–Trinajstić information content (AvgIpc) is 2.66. The van der Waals surface area contributed by atoms with Crippen LogP contribution in [0.5, 0.6) is 5.75 Å². The molecule has 0 saturated carbocycles. The number of hydrogen-bond donors (Lipinski definition) is 0. The molecule has 0 bridgehead atoms. The maximum Gasteiger partial charge on any atom is 0.338 e.